The lowest BCUT2D eigenvalue weighted by molar-refractivity contribution is 0.216. The molecule has 0 saturated heterocycles. The molecule has 0 unspecified atom stereocenters. The summed E-state index contributed by atoms with van der Waals surface area (Å²) in [7, 11) is 0. The van der Waals surface area contributed by atoms with Crippen molar-refractivity contribution < 1.29 is 5.11 Å². The molecule has 0 aromatic heterocycles. The van der Waals surface area contributed by atoms with Crippen LogP contribution in [-0.2, 0) is 6.54 Å². The van der Waals surface area contributed by atoms with E-state index >= 15 is 0 Å². The highest BCUT2D eigenvalue weighted by molar-refractivity contribution is 5.31. The van der Waals surface area contributed by atoms with Gasteiger partial charge in [-0.1, -0.05) is 25.5 Å². The molecule has 98 valence electrons. The minimum absolute atomic E-state index is 0.246. The number of hydrogen-bond acceptors (Lipinski definition) is 3. The van der Waals surface area contributed by atoms with E-state index in [0.717, 1.165) is 26.1 Å². The Bertz CT molecular complexity index is 359. The van der Waals surface area contributed by atoms with Crippen molar-refractivity contribution >= 4 is 0 Å². The van der Waals surface area contributed by atoms with Crippen LogP contribution in [0.15, 0.2) is 24.3 Å². The third kappa shape index (κ3) is 5.31. The zero-order valence-electron chi connectivity index (χ0n) is 11.1. The molecule has 1 aromatic rings. The Hall–Kier alpha value is -1.37. The molecule has 1 rings (SSSR count). The van der Waals surface area contributed by atoms with Crippen LogP contribution in [0.2, 0.25) is 0 Å². The second-order valence-electron chi connectivity index (χ2n) is 4.52. The Kier molecular flexibility index (Phi) is 7.09. The molecule has 0 radical (unpaired) electrons. The van der Waals surface area contributed by atoms with Crippen molar-refractivity contribution in [3.05, 3.63) is 35.4 Å². The average molecular weight is 246 g/mol. The van der Waals surface area contributed by atoms with Crippen molar-refractivity contribution in [2.24, 2.45) is 0 Å². The Balaban J connectivity index is 2.54. The van der Waals surface area contributed by atoms with Gasteiger partial charge in [0, 0.05) is 19.7 Å². The van der Waals surface area contributed by atoms with Crippen LogP contribution >= 0.6 is 0 Å². The highest BCUT2D eigenvalue weighted by Gasteiger charge is 2.05. The lowest BCUT2D eigenvalue weighted by Crippen LogP contribution is -2.26. The van der Waals surface area contributed by atoms with Crippen molar-refractivity contribution in [2.75, 3.05) is 19.7 Å². The highest BCUT2D eigenvalue weighted by Crippen LogP contribution is 2.08. The van der Waals surface area contributed by atoms with E-state index in [1.165, 1.54) is 18.4 Å². The normalized spacial score (nSPS) is 10.6. The third-order valence-electron chi connectivity index (χ3n) is 2.95. The van der Waals surface area contributed by atoms with E-state index in [0.29, 0.717) is 5.56 Å². The fraction of sp³-hybridized carbons (Fsp3) is 0.533. The van der Waals surface area contributed by atoms with Crippen molar-refractivity contribution in [1.29, 1.82) is 5.26 Å². The number of nitriles is 1. The molecule has 18 heavy (non-hydrogen) atoms. The zero-order chi connectivity index (χ0) is 13.2. The van der Waals surface area contributed by atoms with E-state index in [-0.39, 0.29) is 6.61 Å². The van der Waals surface area contributed by atoms with E-state index in [2.05, 4.69) is 17.9 Å². The number of rotatable bonds is 8. The number of aliphatic hydroxyl groups is 1. The Morgan fingerprint density at radius 2 is 1.83 bits per heavy atom. The molecule has 3 nitrogen and oxygen atoms in total. The quantitative estimate of drug-likeness (QED) is 0.766. The molecule has 0 amide bonds. The highest BCUT2D eigenvalue weighted by atomic mass is 16.3. The summed E-state index contributed by atoms with van der Waals surface area (Å²) in [6.45, 7) is 5.32. The second kappa shape index (κ2) is 8.68. The first-order valence-electron chi connectivity index (χ1n) is 6.62. The van der Waals surface area contributed by atoms with Crippen molar-refractivity contribution in [3.63, 3.8) is 0 Å². The second-order valence-corrected chi connectivity index (χ2v) is 4.52. The predicted octanol–water partition coefficient (Wildman–Crippen LogP) is 2.54. The van der Waals surface area contributed by atoms with E-state index in [4.69, 9.17) is 10.4 Å². The predicted molar refractivity (Wildman–Crippen MR) is 73.0 cm³/mol. The van der Waals surface area contributed by atoms with Crippen molar-refractivity contribution in [2.45, 2.75) is 32.7 Å². The molecule has 1 N–H and O–H groups in total. The monoisotopic (exact) mass is 246 g/mol. The van der Waals surface area contributed by atoms with Crippen LogP contribution in [-0.4, -0.2) is 29.7 Å². The Morgan fingerprint density at radius 3 is 2.39 bits per heavy atom. The minimum Gasteiger partial charge on any atom is -0.396 e. The van der Waals surface area contributed by atoms with E-state index in [1.54, 1.807) is 0 Å². The molecule has 0 spiro atoms. The van der Waals surface area contributed by atoms with Crippen LogP contribution in [0.4, 0.5) is 0 Å². The minimum atomic E-state index is 0.246. The molecular weight excluding hydrogens is 224 g/mol. The lowest BCUT2D eigenvalue weighted by Gasteiger charge is -2.21. The molecule has 0 saturated carbocycles. The SMILES string of the molecule is CCCCN(CCCO)Cc1ccc(C#N)cc1. The third-order valence-corrected chi connectivity index (χ3v) is 2.95. The first-order valence-corrected chi connectivity index (χ1v) is 6.62. The van der Waals surface area contributed by atoms with E-state index < -0.39 is 0 Å². The summed E-state index contributed by atoms with van der Waals surface area (Å²) in [5, 5.41) is 17.7. The van der Waals surface area contributed by atoms with Crippen LogP contribution in [0.25, 0.3) is 0 Å². The summed E-state index contributed by atoms with van der Waals surface area (Å²) in [4.78, 5) is 2.36. The molecule has 0 fully saturated rings. The van der Waals surface area contributed by atoms with Gasteiger partial charge in [-0.3, -0.25) is 4.90 Å². The van der Waals surface area contributed by atoms with Crippen LogP contribution in [0.3, 0.4) is 0 Å². The van der Waals surface area contributed by atoms with Gasteiger partial charge in [-0.25, -0.2) is 0 Å². The van der Waals surface area contributed by atoms with Gasteiger partial charge >= 0.3 is 0 Å². The molecule has 0 atom stereocenters. The molecular formula is C15H22N2O. The first kappa shape index (κ1) is 14.7. The first-order chi connectivity index (χ1) is 8.80. The maximum atomic E-state index is 8.91. The van der Waals surface area contributed by atoms with Crippen LogP contribution < -0.4 is 0 Å². The Morgan fingerprint density at radius 1 is 1.17 bits per heavy atom. The van der Waals surface area contributed by atoms with Gasteiger partial charge in [0.1, 0.15) is 0 Å². The van der Waals surface area contributed by atoms with Gasteiger partial charge < -0.3 is 5.11 Å². The smallest absolute Gasteiger partial charge is 0.0991 e. The number of nitrogens with zero attached hydrogens (tertiary/aromatic N) is 2. The van der Waals surface area contributed by atoms with Crippen LogP contribution in [0, 0.1) is 11.3 Å². The summed E-state index contributed by atoms with van der Waals surface area (Å²) >= 11 is 0. The fourth-order valence-electron chi connectivity index (χ4n) is 1.89. The standard InChI is InChI=1S/C15H22N2O/c1-2-3-9-17(10-4-11-18)13-15-7-5-14(12-16)6-8-15/h5-8,18H,2-4,9-11,13H2,1H3. The summed E-state index contributed by atoms with van der Waals surface area (Å²) < 4.78 is 0. The molecule has 0 aliphatic carbocycles. The summed E-state index contributed by atoms with van der Waals surface area (Å²) in [6, 6.07) is 9.87. The van der Waals surface area contributed by atoms with Crippen LogP contribution in [0.1, 0.15) is 37.3 Å². The topological polar surface area (TPSA) is 47.3 Å². The summed E-state index contributed by atoms with van der Waals surface area (Å²) in [6.07, 6.45) is 3.19. The Labute approximate surface area is 110 Å². The van der Waals surface area contributed by atoms with Crippen molar-refractivity contribution in [3.8, 4) is 6.07 Å². The summed E-state index contributed by atoms with van der Waals surface area (Å²) in [5.74, 6) is 0. The maximum absolute atomic E-state index is 8.91. The average Bonchev–Trinajstić information content (AvgIpc) is 2.42. The number of aliphatic hydroxyl groups excluding tert-OH is 1. The van der Waals surface area contributed by atoms with Crippen molar-refractivity contribution in [1.82, 2.24) is 4.90 Å². The van der Waals surface area contributed by atoms with Gasteiger partial charge in [-0.2, -0.15) is 5.26 Å². The number of benzene rings is 1. The molecule has 0 bridgehead atoms. The van der Waals surface area contributed by atoms with Gasteiger partial charge in [-0.05, 0) is 37.1 Å². The van der Waals surface area contributed by atoms with E-state index in [1.807, 2.05) is 24.3 Å². The maximum Gasteiger partial charge on any atom is 0.0991 e. The molecule has 0 heterocycles. The molecule has 3 heteroatoms. The van der Waals surface area contributed by atoms with Crippen LogP contribution in [0.5, 0.6) is 0 Å². The summed E-state index contributed by atoms with van der Waals surface area (Å²) in [5.41, 5.74) is 1.93. The fourth-order valence-corrected chi connectivity index (χ4v) is 1.89. The molecule has 0 aliphatic heterocycles. The lowest BCUT2D eigenvalue weighted by atomic mass is 10.1. The van der Waals surface area contributed by atoms with E-state index in [9.17, 15) is 0 Å². The van der Waals surface area contributed by atoms with Gasteiger partial charge in [-0.15, -0.1) is 0 Å². The zero-order valence-corrected chi connectivity index (χ0v) is 11.1. The molecule has 0 aliphatic rings. The van der Waals surface area contributed by atoms with Gasteiger partial charge in [0.15, 0.2) is 0 Å². The van der Waals surface area contributed by atoms with Gasteiger partial charge in [0.2, 0.25) is 0 Å². The molecule has 1 aromatic carbocycles. The number of unbranched alkanes of at least 4 members (excludes halogenated alkanes) is 1. The largest absolute Gasteiger partial charge is 0.396 e. The number of hydrogen-bond donors (Lipinski definition) is 1. The van der Waals surface area contributed by atoms with Gasteiger partial charge in [0.25, 0.3) is 0 Å². The van der Waals surface area contributed by atoms with Gasteiger partial charge in [0.05, 0.1) is 11.6 Å².